The molecule has 0 aromatic rings. The van der Waals surface area contributed by atoms with E-state index in [4.69, 9.17) is 4.74 Å². The summed E-state index contributed by atoms with van der Waals surface area (Å²) in [6.07, 6.45) is 4.07. The van der Waals surface area contributed by atoms with E-state index in [1.54, 1.807) is 0 Å². The van der Waals surface area contributed by atoms with Crippen LogP contribution in [0.25, 0.3) is 0 Å². The van der Waals surface area contributed by atoms with E-state index in [2.05, 4.69) is 6.08 Å². The number of ether oxygens (including phenoxy) is 1. The van der Waals surface area contributed by atoms with Gasteiger partial charge in [0.1, 0.15) is 0 Å². The number of fused-ring (bicyclic) bond motifs is 2. The van der Waals surface area contributed by atoms with E-state index >= 15 is 0 Å². The molecule has 2 rings (SSSR count). The molecule has 0 aromatic carbocycles. The lowest BCUT2D eigenvalue weighted by molar-refractivity contribution is -0.162. The summed E-state index contributed by atoms with van der Waals surface area (Å²) >= 11 is 0. The van der Waals surface area contributed by atoms with Crippen LogP contribution in [0, 0.1) is 17.8 Å². The van der Waals surface area contributed by atoms with Gasteiger partial charge in [-0.3, -0.25) is 4.79 Å². The predicted octanol–water partition coefficient (Wildman–Crippen LogP) is 3.18. The van der Waals surface area contributed by atoms with Gasteiger partial charge < -0.3 is 4.74 Å². The van der Waals surface area contributed by atoms with Crippen molar-refractivity contribution in [3.8, 4) is 0 Å². The fraction of sp³-hybridized carbons (Fsp3) is 0.800. The quantitative estimate of drug-likeness (QED) is 0.284. The zero-order valence-corrected chi connectivity index (χ0v) is 14.0. The van der Waals surface area contributed by atoms with Crippen LogP contribution in [0.4, 0.5) is 17.6 Å². The van der Waals surface area contributed by atoms with Crippen LogP contribution >= 0.6 is 0 Å². The molecule has 2 aliphatic rings. The maximum atomic E-state index is 13.4. The highest BCUT2D eigenvalue weighted by molar-refractivity contribution is 7.91. The molecule has 4 nitrogen and oxygen atoms in total. The van der Waals surface area contributed by atoms with Crippen molar-refractivity contribution in [2.24, 2.45) is 17.8 Å². The smallest absolute Gasteiger partial charge is 0.406 e. The van der Waals surface area contributed by atoms with E-state index in [9.17, 15) is 30.8 Å². The Labute approximate surface area is 138 Å². The Balaban J connectivity index is 1.71. The van der Waals surface area contributed by atoms with Gasteiger partial charge in [0, 0.05) is 12.7 Å². The first-order valence-electron chi connectivity index (χ1n) is 7.76. The Morgan fingerprint density at radius 1 is 1.17 bits per heavy atom. The fourth-order valence-corrected chi connectivity index (χ4v) is 3.84. The van der Waals surface area contributed by atoms with Crippen LogP contribution < -0.4 is 0 Å². The average Bonchev–Trinajstić information content (AvgIpc) is 3.07. The molecular formula is C15H20F4O4S. The van der Waals surface area contributed by atoms with Crippen molar-refractivity contribution in [1.82, 2.24) is 0 Å². The molecule has 24 heavy (non-hydrogen) atoms. The van der Waals surface area contributed by atoms with Crippen LogP contribution in [-0.2, 0) is 19.4 Å². The van der Waals surface area contributed by atoms with Gasteiger partial charge in [0.2, 0.25) is 9.84 Å². The molecule has 0 heterocycles. The Hall–Kier alpha value is -1.12. The monoisotopic (exact) mass is 372 g/mol. The highest BCUT2D eigenvalue weighted by atomic mass is 32.2. The number of sulfone groups is 1. The van der Waals surface area contributed by atoms with Crippen LogP contribution in [0.3, 0.4) is 0 Å². The van der Waals surface area contributed by atoms with E-state index < -0.39 is 27.4 Å². The molecule has 0 saturated heterocycles. The van der Waals surface area contributed by atoms with Crippen LogP contribution in [0.5, 0.6) is 0 Å². The summed E-state index contributed by atoms with van der Waals surface area (Å²) in [4.78, 5) is 11.9. The van der Waals surface area contributed by atoms with Gasteiger partial charge in [-0.05, 0) is 37.5 Å². The number of alkyl halides is 4. The van der Waals surface area contributed by atoms with Crippen molar-refractivity contribution in [2.75, 3.05) is 12.9 Å². The lowest BCUT2D eigenvalue weighted by Gasteiger charge is -2.24. The van der Waals surface area contributed by atoms with Crippen LogP contribution in [-0.4, -0.2) is 38.4 Å². The van der Waals surface area contributed by atoms with Crippen molar-refractivity contribution < 1.29 is 35.5 Å². The molecule has 0 spiro atoms. The van der Waals surface area contributed by atoms with Gasteiger partial charge in [-0.2, -0.15) is 17.6 Å². The van der Waals surface area contributed by atoms with Gasteiger partial charge in [-0.15, -0.1) is 0 Å². The molecule has 2 aliphatic carbocycles. The van der Waals surface area contributed by atoms with Gasteiger partial charge in [0.25, 0.3) is 0 Å². The van der Waals surface area contributed by atoms with Gasteiger partial charge in [0.05, 0.1) is 12.5 Å². The summed E-state index contributed by atoms with van der Waals surface area (Å²) in [5.74, 6) is -4.69. The molecule has 0 radical (unpaired) electrons. The SMILES string of the molecule is CS(=O)(=O)C(F)(F)C(F)(F)CCCCOC(=O)C1CC2C=CC1C2. The second-order valence-electron chi connectivity index (χ2n) is 6.50. The zero-order valence-electron chi connectivity index (χ0n) is 13.2. The minimum atomic E-state index is -5.21. The molecule has 9 heteroatoms. The van der Waals surface area contributed by atoms with Gasteiger partial charge in [0.15, 0.2) is 0 Å². The molecule has 0 aliphatic heterocycles. The van der Waals surface area contributed by atoms with Crippen molar-refractivity contribution in [2.45, 2.75) is 43.3 Å². The molecule has 1 fully saturated rings. The van der Waals surface area contributed by atoms with Crippen molar-refractivity contribution in [3.63, 3.8) is 0 Å². The molecular weight excluding hydrogens is 352 g/mol. The lowest BCUT2D eigenvalue weighted by atomic mass is 9.94. The first-order chi connectivity index (χ1) is 11.0. The molecule has 3 atom stereocenters. The predicted molar refractivity (Wildman–Crippen MR) is 78.4 cm³/mol. The zero-order chi connectivity index (χ0) is 18.2. The van der Waals surface area contributed by atoms with E-state index in [0.29, 0.717) is 5.92 Å². The summed E-state index contributed by atoms with van der Waals surface area (Å²) in [6, 6.07) is 0. The Morgan fingerprint density at radius 3 is 2.33 bits per heavy atom. The first kappa shape index (κ1) is 19.2. The summed E-state index contributed by atoms with van der Waals surface area (Å²) in [5.41, 5.74) is 0. The number of carbonyl (C=O) groups is 1. The molecule has 3 unspecified atom stereocenters. The summed E-state index contributed by atoms with van der Waals surface area (Å²) in [7, 11) is -5.21. The maximum absolute atomic E-state index is 13.4. The largest absolute Gasteiger partial charge is 0.465 e. The average molecular weight is 372 g/mol. The molecule has 1 saturated carbocycles. The number of hydrogen-bond donors (Lipinski definition) is 0. The van der Waals surface area contributed by atoms with Crippen LogP contribution in [0.15, 0.2) is 12.2 Å². The van der Waals surface area contributed by atoms with Crippen molar-refractivity contribution in [3.05, 3.63) is 12.2 Å². The number of esters is 1. The van der Waals surface area contributed by atoms with Crippen molar-refractivity contribution >= 4 is 15.8 Å². The van der Waals surface area contributed by atoms with E-state index in [1.165, 1.54) is 0 Å². The standard InChI is InChI=1S/C15H20F4O4S/c1-24(21,22)15(18,19)14(16,17)6-2-3-7-23-13(20)12-9-10-4-5-11(12)8-10/h4-5,10-12H,2-3,6-9H2,1H3. The number of halogens is 4. The molecule has 0 amide bonds. The highest BCUT2D eigenvalue weighted by Crippen LogP contribution is 2.44. The Bertz CT molecular complexity index is 615. The number of carbonyl (C=O) groups excluding carboxylic acids is 1. The number of allylic oxidation sites excluding steroid dienone is 2. The van der Waals surface area contributed by atoms with Crippen LogP contribution in [0.1, 0.15) is 32.1 Å². The minimum absolute atomic E-state index is 0.0299. The lowest BCUT2D eigenvalue weighted by Crippen LogP contribution is -2.46. The van der Waals surface area contributed by atoms with Gasteiger partial charge in [-0.1, -0.05) is 12.2 Å². The van der Waals surface area contributed by atoms with Crippen molar-refractivity contribution in [1.29, 1.82) is 0 Å². The topological polar surface area (TPSA) is 60.4 Å². The second kappa shape index (κ2) is 6.65. The maximum Gasteiger partial charge on any atom is 0.406 e. The Kier molecular flexibility index (Phi) is 5.32. The Morgan fingerprint density at radius 2 is 1.83 bits per heavy atom. The molecule has 138 valence electrons. The van der Waals surface area contributed by atoms with Gasteiger partial charge >= 0.3 is 17.1 Å². The van der Waals surface area contributed by atoms with E-state index in [-0.39, 0.29) is 43.5 Å². The third-order valence-corrected chi connectivity index (χ3v) is 5.83. The molecule has 0 aromatic heterocycles. The van der Waals surface area contributed by atoms with E-state index in [1.807, 2.05) is 6.08 Å². The minimum Gasteiger partial charge on any atom is -0.465 e. The number of rotatable bonds is 8. The summed E-state index contributed by atoms with van der Waals surface area (Å²) in [5, 5.41) is -5.11. The van der Waals surface area contributed by atoms with Gasteiger partial charge in [-0.25, -0.2) is 8.42 Å². The fourth-order valence-electron chi connectivity index (χ4n) is 3.20. The first-order valence-corrected chi connectivity index (χ1v) is 9.65. The number of hydrogen-bond acceptors (Lipinski definition) is 4. The molecule has 2 bridgehead atoms. The number of unbranched alkanes of at least 4 members (excludes halogenated alkanes) is 1. The normalized spacial score (nSPS) is 26.8. The highest BCUT2D eigenvalue weighted by Gasteiger charge is 2.62. The third kappa shape index (κ3) is 3.75. The summed E-state index contributed by atoms with van der Waals surface area (Å²) < 4.78 is 79.8. The van der Waals surface area contributed by atoms with E-state index in [0.717, 1.165) is 12.8 Å². The summed E-state index contributed by atoms with van der Waals surface area (Å²) in [6.45, 7) is -0.142. The molecule has 0 N–H and O–H groups in total. The second-order valence-corrected chi connectivity index (χ2v) is 8.56. The van der Waals surface area contributed by atoms with Crippen LogP contribution in [0.2, 0.25) is 0 Å². The third-order valence-electron chi connectivity index (χ3n) is 4.60.